The van der Waals surface area contributed by atoms with Crippen molar-refractivity contribution in [2.75, 3.05) is 31.6 Å². The van der Waals surface area contributed by atoms with Gasteiger partial charge in [0.1, 0.15) is 0 Å². The molecule has 1 heterocycles. The minimum Gasteiger partial charge on any atom is -0.389 e. The molecule has 0 radical (unpaired) electrons. The van der Waals surface area contributed by atoms with Crippen LogP contribution in [-0.2, 0) is 0 Å². The fraction of sp³-hybridized carbons (Fsp3) is 0.600. The normalized spacial score (nSPS) is 21.5. The number of likely N-dealkylation sites (N-methyl/N-ethyl adjacent to an activating group) is 1. The Kier molecular flexibility index (Phi) is 4.09. The van der Waals surface area contributed by atoms with Crippen LogP contribution in [0.2, 0.25) is 5.02 Å². The molecule has 1 N–H and O–H groups in total. The average molecular weight is 283 g/mol. The van der Waals surface area contributed by atoms with Crippen LogP contribution in [0.25, 0.3) is 0 Å². The van der Waals surface area contributed by atoms with Crippen molar-refractivity contribution in [1.29, 1.82) is 0 Å². The van der Waals surface area contributed by atoms with Crippen LogP contribution < -0.4 is 4.90 Å². The van der Waals surface area contributed by atoms with Gasteiger partial charge in [0.25, 0.3) is 0 Å². The van der Waals surface area contributed by atoms with E-state index in [0.717, 1.165) is 35.9 Å². The lowest BCUT2D eigenvalue weighted by molar-refractivity contribution is 0.139. The van der Waals surface area contributed by atoms with Crippen LogP contribution in [-0.4, -0.2) is 42.2 Å². The zero-order valence-corrected chi connectivity index (χ0v) is 12.9. The van der Waals surface area contributed by atoms with E-state index in [1.807, 2.05) is 18.2 Å². The first-order valence-corrected chi connectivity index (χ1v) is 7.13. The Morgan fingerprint density at radius 1 is 1.32 bits per heavy atom. The molecule has 4 heteroatoms. The zero-order valence-electron chi connectivity index (χ0n) is 12.2. The lowest BCUT2D eigenvalue weighted by Crippen LogP contribution is -2.57. The van der Waals surface area contributed by atoms with E-state index in [1.54, 1.807) is 6.92 Å². The third-order valence-corrected chi connectivity index (χ3v) is 4.41. The van der Waals surface area contributed by atoms with Gasteiger partial charge in [0, 0.05) is 25.2 Å². The second-order valence-electron chi connectivity index (χ2n) is 6.04. The molecule has 19 heavy (non-hydrogen) atoms. The van der Waals surface area contributed by atoms with Gasteiger partial charge in [0.15, 0.2) is 0 Å². The lowest BCUT2D eigenvalue weighted by Gasteiger charge is -2.46. The van der Waals surface area contributed by atoms with E-state index >= 15 is 0 Å². The number of aliphatic hydroxyl groups excluding tert-OH is 1. The van der Waals surface area contributed by atoms with Crippen molar-refractivity contribution in [2.24, 2.45) is 0 Å². The molecule has 0 bridgehead atoms. The molecular weight excluding hydrogens is 260 g/mol. The predicted molar refractivity (Wildman–Crippen MR) is 81.0 cm³/mol. The van der Waals surface area contributed by atoms with E-state index in [4.69, 9.17) is 11.6 Å². The number of piperazine rings is 1. The van der Waals surface area contributed by atoms with Gasteiger partial charge in [-0.3, -0.25) is 4.90 Å². The number of benzene rings is 1. The van der Waals surface area contributed by atoms with Gasteiger partial charge in [-0.1, -0.05) is 17.7 Å². The van der Waals surface area contributed by atoms with Crippen LogP contribution in [0, 0.1) is 0 Å². The van der Waals surface area contributed by atoms with Crippen molar-refractivity contribution in [3.05, 3.63) is 28.8 Å². The van der Waals surface area contributed by atoms with Gasteiger partial charge in [-0.25, -0.2) is 0 Å². The molecule has 106 valence electrons. The SMILES string of the molecule is C[C@H](O)c1ccc(N2CCN(C)C(C)(C)C2)c(Cl)c1. The van der Waals surface area contributed by atoms with Gasteiger partial charge < -0.3 is 10.0 Å². The summed E-state index contributed by atoms with van der Waals surface area (Å²) in [5.74, 6) is 0. The van der Waals surface area contributed by atoms with Crippen LogP contribution in [0.1, 0.15) is 32.4 Å². The van der Waals surface area contributed by atoms with Gasteiger partial charge in [0.05, 0.1) is 16.8 Å². The highest BCUT2D eigenvalue weighted by Crippen LogP contribution is 2.32. The molecule has 2 rings (SSSR count). The molecule has 0 amide bonds. The molecule has 1 saturated heterocycles. The highest BCUT2D eigenvalue weighted by Gasteiger charge is 2.31. The molecule has 1 aromatic carbocycles. The maximum atomic E-state index is 9.59. The monoisotopic (exact) mass is 282 g/mol. The highest BCUT2D eigenvalue weighted by molar-refractivity contribution is 6.33. The van der Waals surface area contributed by atoms with Crippen molar-refractivity contribution >= 4 is 17.3 Å². The molecule has 0 saturated carbocycles. The van der Waals surface area contributed by atoms with Gasteiger partial charge in [-0.2, -0.15) is 0 Å². The number of hydrogen-bond donors (Lipinski definition) is 1. The van der Waals surface area contributed by atoms with E-state index in [0.29, 0.717) is 0 Å². The second kappa shape index (κ2) is 5.31. The number of aliphatic hydroxyl groups is 1. The molecule has 1 aliphatic rings. The maximum Gasteiger partial charge on any atom is 0.0762 e. The van der Waals surface area contributed by atoms with Crippen molar-refractivity contribution in [1.82, 2.24) is 4.90 Å². The Hall–Kier alpha value is -0.770. The van der Waals surface area contributed by atoms with Crippen LogP contribution in [0.5, 0.6) is 0 Å². The number of nitrogens with zero attached hydrogens (tertiary/aromatic N) is 2. The van der Waals surface area contributed by atoms with Crippen molar-refractivity contribution in [3.63, 3.8) is 0 Å². The van der Waals surface area contributed by atoms with E-state index < -0.39 is 6.10 Å². The fourth-order valence-electron chi connectivity index (χ4n) is 2.49. The fourth-order valence-corrected chi connectivity index (χ4v) is 2.79. The van der Waals surface area contributed by atoms with E-state index in [2.05, 4.69) is 30.7 Å². The summed E-state index contributed by atoms with van der Waals surface area (Å²) in [6, 6.07) is 5.84. The Bertz CT molecular complexity index is 459. The molecule has 0 aromatic heterocycles. The van der Waals surface area contributed by atoms with Gasteiger partial charge >= 0.3 is 0 Å². The predicted octanol–water partition coefficient (Wildman–Crippen LogP) is 2.92. The topological polar surface area (TPSA) is 26.7 Å². The summed E-state index contributed by atoms with van der Waals surface area (Å²) in [5, 5.41) is 10.3. The lowest BCUT2D eigenvalue weighted by atomic mass is 9.99. The Morgan fingerprint density at radius 2 is 2.00 bits per heavy atom. The Balaban J connectivity index is 2.23. The van der Waals surface area contributed by atoms with Gasteiger partial charge in [-0.15, -0.1) is 0 Å². The van der Waals surface area contributed by atoms with Crippen molar-refractivity contribution in [2.45, 2.75) is 32.4 Å². The number of halogens is 1. The zero-order chi connectivity index (χ0) is 14.2. The summed E-state index contributed by atoms with van der Waals surface area (Å²) in [4.78, 5) is 4.70. The van der Waals surface area contributed by atoms with Crippen molar-refractivity contribution < 1.29 is 5.11 Å². The average Bonchev–Trinajstić information content (AvgIpc) is 2.32. The van der Waals surface area contributed by atoms with Crippen LogP contribution in [0.15, 0.2) is 18.2 Å². The van der Waals surface area contributed by atoms with Crippen molar-refractivity contribution in [3.8, 4) is 0 Å². The number of anilines is 1. The summed E-state index contributed by atoms with van der Waals surface area (Å²) in [6.07, 6.45) is -0.476. The minimum atomic E-state index is -0.476. The van der Waals surface area contributed by atoms with Gasteiger partial charge in [0.2, 0.25) is 0 Å². The van der Waals surface area contributed by atoms with Crippen LogP contribution in [0.3, 0.4) is 0 Å². The van der Waals surface area contributed by atoms with E-state index in [-0.39, 0.29) is 5.54 Å². The third-order valence-electron chi connectivity index (χ3n) is 4.11. The molecular formula is C15H23ClN2O. The molecule has 3 nitrogen and oxygen atoms in total. The standard InChI is InChI=1S/C15H23ClN2O/c1-11(19)12-5-6-14(13(16)9-12)18-8-7-17(4)15(2,3)10-18/h5-6,9,11,19H,7-8,10H2,1-4H3/t11-/m0/s1. The molecule has 1 atom stereocenters. The molecule has 0 aliphatic carbocycles. The first-order chi connectivity index (χ1) is 8.81. The van der Waals surface area contributed by atoms with E-state index in [9.17, 15) is 5.11 Å². The van der Waals surface area contributed by atoms with E-state index in [1.165, 1.54) is 0 Å². The maximum absolute atomic E-state index is 9.59. The Morgan fingerprint density at radius 3 is 2.53 bits per heavy atom. The summed E-state index contributed by atoms with van der Waals surface area (Å²) < 4.78 is 0. The Labute approximate surface area is 120 Å². The second-order valence-corrected chi connectivity index (χ2v) is 6.45. The molecule has 1 fully saturated rings. The molecule has 0 spiro atoms. The first-order valence-electron chi connectivity index (χ1n) is 6.75. The summed E-state index contributed by atoms with van der Waals surface area (Å²) in [5.41, 5.74) is 2.07. The van der Waals surface area contributed by atoms with Gasteiger partial charge in [-0.05, 0) is 45.5 Å². The number of hydrogen-bond acceptors (Lipinski definition) is 3. The molecule has 1 aromatic rings. The first kappa shape index (κ1) is 14.6. The van der Waals surface area contributed by atoms with Crippen LogP contribution in [0.4, 0.5) is 5.69 Å². The number of rotatable bonds is 2. The molecule has 0 unspecified atom stereocenters. The largest absolute Gasteiger partial charge is 0.389 e. The summed E-state index contributed by atoms with van der Waals surface area (Å²) >= 11 is 6.37. The highest BCUT2D eigenvalue weighted by atomic mass is 35.5. The third kappa shape index (κ3) is 3.04. The minimum absolute atomic E-state index is 0.143. The smallest absolute Gasteiger partial charge is 0.0762 e. The molecule has 1 aliphatic heterocycles. The summed E-state index contributed by atoms with van der Waals surface area (Å²) in [6.45, 7) is 9.21. The summed E-state index contributed by atoms with van der Waals surface area (Å²) in [7, 11) is 2.16. The van der Waals surface area contributed by atoms with Crippen LogP contribution >= 0.6 is 11.6 Å². The quantitative estimate of drug-likeness (QED) is 0.903.